The molecule has 0 aliphatic carbocycles. The van der Waals surface area contributed by atoms with Gasteiger partial charge in [-0.25, -0.2) is 4.79 Å². The van der Waals surface area contributed by atoms with Gasteiger partial charge in [0.05, 0.1) is 16.8 Å². The number of aliphatic carboxylic acids is 1. The van der Waals surface area contributed by atoms with Gasteiger partial charge in [0.1, 0.15) is 17.2 Å². The molecule has 1 aromatic carbocycles. The second kappa shape index (κ2) is 12.3. The second-order valence-corrected chi connectivity index (χ2v) is 13.5. The summed E-state index contributed by atoms with van der Waals surface area (Å²) in [6, 6.07) is 3.00. The number of hydrogen-bond donors (Lipinski definition) is 3. The van der Waals surface area contributed by atoms with Crippen LogP contribution in [0.25, 0.3) is 0 Å². The van der Waals surface area contributed by atoms with E-state index in [9.17, 15) is 32.7 Å². The third-order valence-electron chi connectivity index (χ3n) is 8.34. The highest BCUT2D eigenvalue weighted by Gasteiger charge is 2.53. The Labute approximate surface area is 250 Å². The van der Waals surface area contributed by atoms with Crippen LogP contribution < -0.4 is 11.1 Å². The lowest BCUT2D eigenvalue weighted by atomic mass is 9.78. The number of nitrogens with one attached hydrogen (secondary N) is 1. The highest BCUT2D eigenvalue weighted by Crippen LogP contribution is 2.39. The molecule has 3 atom stereocenters. The van der Waals surface area contributed by atoms with Gasteiger partial charge in [-0.2, -0.15) is 13.2 Å². The Balaban J connectivity index is 1.75. The number of carboxylic acid groups (broad SMARTS) is 1. The van der Waals surface area contributed by atoms with Gasteiger partial charge in [-0.1, -0.05) is 18.6 Å². The first-order chi connectivity index (χ1) is 19.5. The summed E-state index contributed by atoms with van der Waals surface area (Å²) in [7, 11) is -0.465. The van der Waals surface area contributed by atoms with Crippen molar-refractivity contribution >= 4 is 25.1 Å². The van der Waals surface area contributed by atoms with Crippen molar-refractivity contribution in [3.8, 4) is 0 Å². The quantitative estimate of drug-likeness (QED) is 0.351. The average molecular weight is 613 g/mol. The molecule has 2 fully saturated rings. The average Bonchev–Trinajstić information content (AvgIpc) is 3.29. The maximum Gasteiger partial charge on any atom is 0.457 e. The van der Waals surface area contributed by atoms with E-state index in [0.717, 1.165) is 12.1 Å². The largest absolute Gasteiger partial charge is 0.480 e. The van der Waals surface area contributed by atoms with Gasteiger partial charge >= 0.3 is 25.4 Å². The van der Waals surface area contributed by atoms with E-state index in [4.69, 9.17) is 19.8 Å². The minimum Gasteiger partial charge on any atom is -0.480 e. The summed E-state index contributed by atoms with van der Waals surface area (Å²) in [5.74, 6) is -2.48. The summed E-state index contributed by atoms with van der Waals surface area (Å²) in [6.45, 7) is 12.4. The molecule has 10 nitrogen and oxygen atoms in total. The molecular weight excluding hydrogens is 570 g/mol. The Morgan fingerprint density at radius 3 is 2.16 bits per heavy atom. The molecule has 3 rings (SSSR count). The number of carboxylic acids is 1. The SMILES string of the molecule is CC(C)(C)OC(=O)NC(Cc1ccc(C(F)(F)F)cc1)C(=O)N1C[C@H](CCCB2OC(C)(C)C(C)(C)O2)[C@](N)(C(=O)O)C1. The molecule has 0 aromatic heterocycles. The van der Waals surface area contributed by atoms with E-state index < -0.39 is 71.1 Å². The van der Waals surface area contributed by atoms with Crippen molar-refractivity contribution in [1.29, 1.82) is 0 Å². The molecule has 0 spiro atoms. The van der Waals surface area contributed by atoms with Gasteiger partial charge in [0.2, 0.25) is 5.91 Å². The number of likely N-dealkylation sites (tertiary alicyclic amines) is 1. The van der Waals surface area contributed by atoms with Crippen LogP contribution in [-0.2, 0) is 36.2 Å². The first-order valence-corrected chi connectivity index (χ1v) is 14.4. The smallest absolute Gasteiger partial charge is 0.457 e. The van der Waals surface area contributed by atoms with Crippen molar-refractivity contribution in [2.75, 3.05) is 13.1 Å². The molecule has 0 bridgehead atoms. The van der Waals surface area contributed by atoms with Crippen LogP contribution >= 0.6 is 0 Å². The van der Waals surface area contributed by atoms with Crippen molar-refractivity contribution in [1.82, 2.24) is 10.2 Å². The maximum absolute atomic E-state index is 13.7. The molecule has 2 aliphatic rings. The fraction of sp³-hybridized carbons (Fsp3) is 0.690. The molecule has 14 heteroatoms. The van der Waals surface area contributed by atoms with Crippen LogP contribution in [-0.4, -0.2) is 76.6 Å². The number of halogens is 3. The predicted octanol–water partition coefficient (Wildman–Crippen LogP) is 4.25. The highest BCUT2D eigenvalue weighted by molar-refractivity contribution is 6.45. The molecule has 240 valence electrons. The van der Waals surface area contributed by atoms with Crippen molar-refractivity contribution in [3.63, 3.8) is 0 Å². The van der Waals surface area contributed by atoms with Crippen LogP contribution in [0, 0.1) is 5.92 Å². The third-order valence-corrected chi connectivity index (χ3v) is 8.34. The molecule has 2 heterocycles. The zero-order valence-corrected chi connectivity index (χ0v) is 25.8. The van der Waals surface area contributed by atoms with E-state index in [1.54, 1.807) is 20.8 Å². The van der Waals surface area contributed by atoms with E-state index in [1.807, 2.05) is 27.7 Å². The van der Waals surface area contributed by atoms with Gasteiger partial charge in [-0.3, -0.25) is 9.59 Å². The Bertz CT molecular complexity index is 1170. The van der Waals surface area contributed by atoms with E-state index >= 15 is 0 Å². The number of hydrogen-bond acceptors (Lipinski definition) is 7. The molecule has 2 saturated heterocycles. The first kappa shape index (κ1) is 34.7. The van der Waals surface area contributed by atoms with Crippen LogP contribution in [0.2, 0.25) is 6.32 Å². The van der Waals surface area contributed by atoms with Gasteiger partial charge < -0.3 is 35.1 Å². The summed E-state index contributed by atoms with van der Waals surface area (Å²) in [6.07, 6.45) is -4.17. The molecule has 43 heavy (non-hydrogen) atoms. The molecule has 1 aromatic rings. The summed E-state index contributed by atoms with van der Waals surface area (Å²) >= 11 is 0. The molecule has 0 radical (unpaired) electrons. The Hall–Kier alpha value is -2.84. The summed E-state index contributed by atoms with van der Waals surface area (Å²) in [5.41, 5.74) is 2.26. The van der Waals surface area contributed by atoms with Gasteiger partial charge in [0.15, 0.2) is 0 Å². The first-order valence-electron chi connectivity index (χ1n) is 14.4. The molecule has 2 aliphatic heterocycles. The van der Waals surface area contributed by atoms with Crippen molar-refractivity contribution < 1.29 is 46.7 Å². The van der Waals surface area contributed by atoms with Gasteiger partial charge in [-0.15, -0.1) is 0 Å². The number of nitrogens with two attached hydrogens (primary N) is 1. The topological polar surface area (TPSA) is 140 Å². The third kappa shape index (κ3) is 8.42. The number of carbonyl (C=O) groups is 3. The highest BCUT2D eigenvalue weighted by atomic mass is 19.4. The number of ether oxygens (including phenoxy) is 1. The second-order valence-electron chi connectivity index (χ2n) is 13.5. The van der Waals surface area contributed by atoms with Gasteiger partial charge in [-0.05, 0) is 78.9 Å². The zero-order chi connectivity index (χ0) is 32.6. The summed E-state index contributed by atoms with van der Waals surface area (Å²) in [4.78, 5) is 40.0. The van der Waals surface area contributed by atoms with Crippen molar-refractivity contribution in [3.05, 3.63) is 35.4 Å². The maximum atomic E-state index is 13.7. The van der Waals surface area contributed by atoms with Crippen molar-refractivity contribution in [2.24, 2.45) is 11.7 Å². The van der Waals surface area contributed by atoms with E-state index in [-0.39, 0.29) is 19.5 Å². The van der Waals surface area contributed by atoms with E-state index in [1.165, 1.54) is 17.0 Å². The predicted molar refractivity (Wildman–Crippen MR) is 153 cm³/mol. The van der Waals surface area contributed by atoms with E-state index in [0.29, 0.717) is 24.7 Å². The number of alkyl halides is 3. The fourth-order valence-corrected chi connectivity index (χ4v) is 5.25. The lowest BCUT2D eigenvalue weighted by molar-refractivity contribution is -0.144. The minimum absolute atomic E-state index is 0.0184. The number of rotatable bonds is 9. The molecule has 1 unspecified atom stereocenters. The molecule has 4 N–H and O–H groups in total. The van der Waals surface area contributed by atoms with Gasteiger partial charge in [0.25, 0.3) is 0 Å². The Morgan fingerprint density at radius 2 is 1.67 bits per heavy atom. The van der Waals surface area contributed by atoms with E-state index in [2.05, 4.69) is 5.32 Å². The van der Waals surface area contributed by atoms with Crippen LogP contribution in [0.15, 0.2) is 24.3 Å². The Kier molecular flexibility index (Phi) is 9.89. The lowest BCUT2D eigenvalue weighted by Gasteiger charge is -2.32. The number of alkyl carbamates (subject to hydrolysis) is 1. The number of benzene rings is 1. The molecule has 0 saturated carbocycles. The molecule has 2 amide bonds. The zero-order valence-electron chi connectivity index (χ0n) is 25.8. The van der Waals surface area contributed by atoms with Crippen LogP contribution in [0.1, 0.15) is 72.4 Å². The molecular formula is C29H43BF3N3O7. The summed E-state index contributed by atoms with van der Waals surface area (Å²) in [5, 5.41) is 12.5. The number of nitrogens with zero attached hydrogens (tertiary/aromatic N) is 1. The fourth-order valence-electron chi connectivity index (χ4n) is 5.25. The van der Waals surface area contributed by atoms with Crippen molar-refractivity contribution in [2.45, 2.75) is 109 Å². The number of amides is 2. The minimum atomic E-state index is -4.53. The van der Waals surface area contributed by atoms with Crippen LogP contribution in [0.5, 0.6) is 0 Å². The van der Waals surface area contributed by atoms with Crippen LogP contribution in [0.3, 0.4) is 0 Å². The number of carbonyl (C=O) groups excluding carboxylic acids is 2. The normalized spacial score (nSPS) is 24.1. The lowest BCUT2D eigenvalue weighted by Crippen LogP contribution is -2.56. The van der Waals surface area contributed by atoms with Crippen LogP contribution in [0.4, 0.5) is 18.0 Å². The van der Waals surface area contributed by atoms with Gasteiger partial charge in [0, 0.05) is 25.4 Å². The Morgan fingerprint density at radius 1 is 1.12 bits per heavy atom. The monoisotopic (exact) mass is 613 g/mol. The summed E-state index contributed by atoms with van der Waals surface area (Å²) < 4.78 is 56.5. The standard InChI is InChI=1S/C29H43BF3N3O7/c1-25(2,3)41-24(40)35-21(15-18-10-12-19(13-11-18)29(31,32)33)22(37)36-16-20(28(34,17-36)23(38)39)9-8-14-30-42-26(4,5)27(6,7)43-30/h10-13,20-21H,8-9,14-17,34H2,1-7H3,(H,35,40)(H,38,39)/t20-,21?,28-/m0/s1.